The third-order valence-corrected chi connectivity index (χ3v) is 5.43. The molecule has 1 fully saturated rings. The zero-order valence-electron chi connectivity index (χ0n) is 16.4. The first kappa shape index (κ1) is 18.6. The second kappa shape index (κ2) is 7.98. The Labute approximate surface area is 156 Å². The minimum Gasteiger partial charge on any atom is -0.485 e. The van der Waals surface area contributed by atoms with Gasteiger partial charge in [0.25, 0.3) is 0 Å². The van der Waals surface area contributed by atoms with Gasteiger partial charge in [-0.05, 0) is 44.9 Å². The van der Waals surface area contributed by atoms with Crippen molar-refractivity contribution in [3.05, 3.63) is 47.3 Å². The summed E-state index contributed by atoms with van der Waals surface area (Å²) in [5, 5.41) is 0. The van der Waals surface area contributed by atoms with Crippen LogP contribution in [0.3, 0.4) is 0 Å². The number of nitrogens with zero attached hydrogens (tertiary/aromatic N) is 2. The summed E-state index contributed by atoms with van der Waals surface area (Å²) in [4.78, 5) is 14.8. The fourth-order valence-electron chi connectivity index (χ4n) is 4.04. The smallest absolute Gasteiger partial charge is 0.202 e. The number of anilines is 1. The lowest BCUT2D eigenvalue weighted by Crippen LogP contribution is -2.17. The first-order valence-corrected chi connectivity index (χ1v) is 9.59. The molecule has 0 aliphatic heterocycles. The van der Waals surface area contributed by atoms with E-state index in [0.29, 0.717) is 6.04 Å². The Balaban J connectivity index is 1.71. The van der Waals surface area contributed by atoms with Crippen molar-refractivity contribution >= 4 is 11.5 Å². The lowest BCUT2D eigenvalue weighted by Gasteiger charge is -2.26. The Kier molecular flexibility index (Phi) is 5.70. The summed E-state index contributed by atoms with van der Waals surface area (Å²) in [5.74, 6) is 0.779. The fourth-order valence-corrected chi connectivity index (χ4v) is 4.04. The molecule has 140 valence electrons. The van der Waals surface area contributed by atoms with Crippen molar-refractivity contribution in [3.63, 3.8) is 0 Å². The summed E-state index contributed by atoms with van der Waals surface area (Å²) < 4.78 is 8.15. The van der Waals surface area contributed by atoms with Crippen LogP contribution in [0.15, 0.2) is 30.3 Å². The first-order chi connectivity index (χ1) is 12.5. The molecule has 0 amide bonds. The van der Waals surface area contributed by atoms with E-state index in [-0.39, 0.29) is 12.4 Å². The summed E-state index contributed by atoms with van der Waals surface area (Å²) in [6.45, 7) is 4.26. The quantitative estimate of drug-likeness (QED) is 0.689. The first-order valence-electron chi connectivity index (χ1n) is 9.59. The van der Waals surface area contributed by atoms with Crippen LogP contribution < -0.4 is 9.64 Å². The number of aryl methyl sites for hydroxylation is 1. The van der Waals surface area contributed by atoms with E-state index in [0.717, 1.165) is 22.7 Å². The van der Waals surface area contributed by atoms with Gasteiger partial charge in [0, 0.05) is 48.8 Å². The van der Waals surface area contributed by atoms with Crippen molar-refractivity contribution in [1.82, 2.24) is 4.57 Å². The standard InChI is InChI=1S/C22H30N2O2/c1-16-13-21(17(2)24(16)18-9-6-5-7-10-18)22(25)15-26-20-12-8-11-19(14-20)23(3)4/h8,11-14,18H,5-7,9-10,15H2,1-4H3. The molecular weight excluding hydrogens is 324 g/mol. The molecule has 0 radical (unpaired) electrons. The maximum atomic E-state index is 12.8. The van der Waals surface area contributed by atoms with Gasteiger partial charge in [0.15, 0.2) is 6.61 Å². The SMILES string of the molecule is Cc1cc(C(=O)COc2cccc(N(C)C)c2)c(C)n1C1CCCCC1. The highest BCUT2D eigenvalue weighted by atomic mass is 16.5. The average molecular weight is 354 g/mol. The van der Waals surface area contributed by atoms with Crippen LogP contribution in [-0.2, 0) is 0 Å². The number of hydrogen-bond acceptors (Lipinski definition) is 3. The molecule has 4 nitrogen and oxygen atoms in total. The van der Waals surface area contributed by atoms with Gasteiger partial charge in [-0.25, -0.2) is 0 Å². The monoisotopic (exact) mass is 354 g/mol. The normalized spacial score (nSPS) is 15.1. The summed E-state index contributed by atoms with van der Waals surface area (Å²) in [6, 6.07) is 10.4. The van der Waals surface area contributed by atoms with Crippen LogP contribution in [0, 0.1) is 13.8 Å². The Morgan fingerprint density at radius 3 is 2.58 bits per heavy atom. The number of rotatable bonds is 6. The topological polar surface area (TPSA) is 34.5 Å². The molecule has 0 bridgehead atoms. The molecule has 1 heterocycles. The number of carbonyl (C=O) groups is 1. The minimum absolute atomic E-state index is 0.0513. The second-order valence-corrected chi connectivity index (χ2v) is 7.55. The van der Waals surface area contributed by atoms with Crippen LogP contribution in [0.2, 0.25) is 0 Å². The highest BCUT2D eigenvalue weighted by Crippen LogP contribution is 2.32. The van der Waals surface area contributed by atoms with Gasteiger partial charge < -0.3 is 14.2 Å². The Morgan fingerprint density at radius 1 is 1.15 bits per heavy atom. The molecule has 0 atom stereocenters. The van der Waals surface area contributed by atoms with Gasteiger partial charge in [-0.1, -0.05) is 25.3 Å². The number of carbonyl (C=O) groups excluding carboxylic acids is 1. The van der Waals surface area contributed by atoms with Crippen molar-refractivity contribution < 1.29 is 9.53 Å². The summed E-state index contributed by atoms with van der Waals surface area (Å²) >= 11 is 0. The number of Topliss-reactive ketones (excluding diaryl/α,β-unsaturated/α-hetero) is 1. The predicted octanol–water partition coefficient (Wildman–Crippen LogP) is 4.94. The van der Waals surface area contributed by atoms with E-state index in [1.54, 1.807) is 0 Å². The largest absolute Gasteiger partial charge is 0.485 e. The maximum Gasteiger partial charge on any atom is 0.202 e. The van der Waals surface area contributed by atoms with E-state index < -0.39 is 0 Å². The molecule has 2 aromatic rings. The molecule has 1 aliphatic rings. The zero-order valence-corrected chi connectivity index (χ0v) is 16.4. The van der Waals surface area contributed by atoms with Crippen LogP contribution >= 0.6 is 0 Å². The highest BCUT2D eigenvalue weighted by Gasteiger charge is 2.22. The third kappa shape index (κ3) is 3.95. The molecule has 0 saturated heterocycles. The van der Waals surface area contributed by atoms with Gasteiger partial charge in [0.1, 0.15) is 5.75 Å². The number of benzene rings is 1. The van der Waals surface area contributed by atoms with E-state index >= 15 is 0 Å². The molecule has 0 unspecified atom stereocenters. The van der Waals surface area contributed by atoms with Gasteiger partial charge in [-0.15, -0.1) is 0 Å². The molecule has 1 aromatic carbocycles. The summed E-state index contributed by atoms with van der Waals surface area (Å²) in [7, 11) is 3.98. The van der Waals surface area contributed by atoms with Gasteiger partial charge in [0.05, 0.1) is 0 Å². The van der Waals surface area contributed by atoms with Crippen molar-refractivity contribution in [2.24, 2.45) is 0 Å². The molecular formula is C22H30N2O2. The Hall–Kier alpha value is -2.23. The van der Waals surface area contributed by atoms with Gasteiger partial charge in [-0.2, -0.15) is 0 Å². The summed E-state index contributed by atoms with van der Waals surface area (Å²) in [5.41, 5.74) is 4.14. The number of aromatic nitrogens is 1. The van der Waals surface area contributed by atoms with Crippen LogP contribution in [0.5, 0.6) is 5.75 Å². The predicted molar refractivity (Wildman–Crippen MR) is 107 cm³/mol. The van der Waals surface area contributed by atoms with Gasteiger partial charge in [-0.3, -0.25) is 4.79 Å². The van der Waals surface area contributed by atoms with Crippen molar-refractivity contribution in [1.29, 1.82) is 0 Å². The van der Waals surface area contributed by atoms with E-state index in [1.807, 2.05) is 49.3 Å². The number of hydrogen-bond donors (Lipinski definition) is 0. The van der Waals surface area contributed by atoms with Crippen LogP contribution in [0.4, 0.5) is 5.69 Å². The second-order valence-electron chi connectivity index (χ2n) is 7.55. The van der Waals surface area contributed by atoms with Crippen LogP contribution in [-0.4, -0.2) is 31.1 Å². The third-order valence-electron chi connectivity index (χ3n) is 5.43. The summed E-state index contributed by atoms with van der Waals surface area (Å²) in [6.07, 6.45) is 6.35. The lowest BCUT2D eigenvalue weighted by atomic mass is 9.95. The van der Waals surface area contributed by atoms with Crippen molar-refractivity contribution in [3.8, 4) is 5.75 Å². The van der Waals surface area contributed by atoms with Gasteiger partial charge in [0.2, 0.25) is 5.78 Å². The van der Waals surface area contributed by atoms with Crippen LogP contribution in [0.1, 0.15) is 59.9 Å². The number of ether oxygens (including phenoxy) is 1. The van der Waals surface area contributed by atoms with E-state index in [4.69, 9.17) is 4.74 Å². The molecule has 4 heteroatoms. The van der Waals surface area contributed by atoms with Crippen molar-refractivity contribution in [2.75, 3.05) is 25.6 Å². The Bertz CT molecular complexity index is 770. The molecule has 0 N–H and O–H groups in total. The molecule has 3 rings (SSSR count). The highest BCUT2D eigenvalue weighted by molar-refractivity contribution is 5.98. The van der Waals surface area contributed by atoms with E-state index in [1.165, 1.54) is 37.8 Å². The molecule has 1 aliphatic carbocycles. The molecule has 1 aromatic heterocycles. The molecule has 0 spiro atoms. The lowest BCUT2D eigenvalue weighted by molar-refractivity contribution is 0.0920. The average Bonchev–Trinajstić information content (AvgIpc) is 2.95. The van der Waals surface area contributed by atoms with Gasteiger partial charge >= 0.3 is 0 Å². The van der Waals surface area contributed by atoms with E-state index in [2.05, 4.69) is 18.4 Å². The number of ketones is 1. The van der Waals surface area contributed by atoms with Crippen LogP contribution in [0.25, 0.3) is 0 Å². The Morgan fingerprint density at radius 2 is 1.88 bits per heavy atom. The van der Waals surface area contributed by atoms with Crippen molar-refractivity contribution in [2.45, 2.75) is 52.0 Å². The zero-order chi connectivity index (χ0) is 18.7. The van der Waals surface area contributed by atoms with E-state index in [9.17, 15) is 4.79 Å². The molecule has 1 saturated carbocycles. The fraction of sp³-hybridized carbons (Fsp3) is 0.500. The molecule has 26 heavy (non-hydrogen) atoms. The maximum absolute atomic E-state index is 12.8. The minimum atomic E-state index is 0.0513.